The zero-order valence-electron chi connectivity index (χ0n) is 24.6. The molecule has 11 nitrogen and oxygen atoms in total. The monoisotopic (exact) mass is 587 g/mol. The van der Waals surface area contributed by atoms with Gasteiger partial charge in [-0.25, -0.2) is 4.79 Å². The maximum absolute atomic E-state index is 13.8. The highest BCUT2D eigenvalue weighted by Crippen LogP contribution is 2.66. The molecule has 3 saturated carbocycles. The Morgan fingerprint density at radius 2 is 1.81 bits per heavy atom. The zero-order valence-corrected chi connectivity index (χ0v) is 24.6. The van der Waals surface area contributed by atoms with Crippen LogP contribution in [-0.2, 0) is 38.2 Å². The Hall–Kier alpha value is -2.92. The summed E-state index contributed by atoms with van der Waals surface area (Å²) in [5.74, 6) is -2.81. The fourth-order valence-electron chi connectivity index (χ4n) is 8.98. The van der Waals surface area contributed by atoms with E-state index >= 15 is 0 Å². The molecule has 4 fully saturated rings. The molecule has 4 aliphatic carbocycles. The molecule has 0 bridgehead atoms. The third kappa shape index (κ3) is 4.82. The minimum Gasteiger partial charge on any atom is -0.467 e. The van der Waals surface area contributed by atoms with Crippen LogP contribution in [0.3, 0.4) is 0 Å². The number of esters is 2. The summed E-state index contributed by atoms with van der Waals surface area (Å²) in [6.07, 6.45) is 3.58. The Morgan fingerprint density at radius 1 is 1.07 bits per heavy atom. The Kier molecular flexibility index (Phi) is 7.98. The van der Waals surface area contributed by atoms with Crippen molar-refractivity contribution in [1.82, 2.24) is 4.90 Å². The molecule has 8 atom stereocenters. The van der Waals surface area contributed by atoms with Crippen molar-refractivity contribution in [3.8, 4) is 0 Å². The van der Waals surface area contributed by atoms with Crippen LogP contribution in [0.5, 0.6) is 0 Å². The molecule has 0 radical (unpaired) electrons. The van der Waals surface area contributed by atoms with Crippen LogP contribution < -0.4 is 0 Å². The van der Waals surface area contributed by atoms with Gasteiger partial charge in [-0.15, -0.1) is 0 Å². The number of amides is 1. The Labute approximate surface area is 245 Å². The number of hydrogen-bond donors (Lipinski definition) is 2. The highest BCUT2D eigenvalue weighted by molar-refractivity contribution is 5.95. The number of carbonyl (C=O) groups is 6. The first-order chi connectivity index (χ1) is 19.7. The predicted octanol–water partition coefficient (Wildman–Crippen LogP) is 1.46. The quantitative estimate of drug-likeness (QED) is 0.417. The summed E-state index contributed by atoms with van der Waals surface area (Å²) in [5, 5.41) is 21.7. The summed E-state index contributed by atoms with van der Waals surface area (Å²) in [5.41, 5.74) is -2.15. The number of nitrogens with zero attached hydrogens (tertiary/aromatic N) is 1. The molecule has 1 saturated heterocycles. The van der Waals surface area contributed by atoms with Gasteiger partial charge in [0.15, 0.2) is 12.4 Å². The molecular weight excluding hydrogens is 546 g/mol. The standard InChI is InChI=1S/C31H41NO10/c1-29-10-8-18(33)12-17(29)4-5-20-21-9-11-31(40,30(21,2)14-23(35)27(20)29)24(36)16-42-26(38)7-6-25(37)32-15-19(34)13-22(32)28(39)41-3/h12,19-22,27,34,40H,4-11,13-16H2,1-3H3/t19-,20+,21+,22+,27-,29+,30+,31+/m1/s1. The van der Waals surface area contributed by atoms with Crippen molar-refractivity contribution in [2.24, 2.45) is 28.6 Å². The van der Waals surface area contributed by atoms with Crippen molar-refractivity contribution in [2.45, 2.75) is 95.8 Å². The van der Waals surface area contributed by atoms with Crippen LogP contribution >= 0.6 is 0 Å². The van der Waals surface area contributed by atoms with E-state index in [0.29, 0.717) is 19.3 Å². The first-order valence-electron chi connectivity index (χ1n) is 15.0. The number of Topliss-reactive ketones (excluding diaryl/α,β-unsaturated/α-hetero) is 2. The van der Waals surface area contributed by atoms with E-state index in [1.54, 1.807) is 13.0 Å². The molecule has 2 N–H and O–H groups in total. The smallest absolute Gasteiger partial charge is 0.328 e. The molecule has 0 aromatic rings. The molecule has 0 unspecified atom stereocenters. The van der Waals surface area contributed by atoms with E-state index in [9.17, 15) is 39.0 Å². The first kappa shape index (κ1) is 30.5. The van der Waals surface area contributed by atoms with Crippen molar-refractivity contribution >= 4 is 35.2 Å². The highest BCUT2D eigenvalue weighted by Gasteiger charge is 2.68. The molecule has 42 heavy (non-hydrogen) atoms. The van der Waals surface area contributed by atoms with Crippen LogP contribution in [0.2, 0.25) is 0 Å². The van der Waals surface area contributed by atoms with Crippen molar-refractivity contribution in [2.75, 3.05) is 20.3 Å². The zero-order chi connectivity index (χ0) is 30.6. The normalized spacial score (nSPS) is 39.1. The van der Waals surface area contributed by atoms with Crippen molar-refractivity contribution < 1.29 is 48.5 Å². The Morgan fingerprint density at radius 3 is 2.52 bits per heavy atom. The summed E-state index contributed by atoms with van der Waals surface area (Å²) < 4.78 is 9.87. The largest absolute Gasteiger partial charge is 0.467 e. The predicted molar refractivity (Wildman–Crippen MR) is 145 cm³/mol. The van der Waals surface area contributed by atoms with Gasteiger partial charge in [-0.3, -0.25) is 24.0 Å². The lowest BCUT2D eigenvalue weighted by Gasteiger charge is -2.57. The number of fused-ring (bicyclic) bond motifs is 5. The SMILES string of the molecule is COC(=O)[C@@H]1C[C@@H](O)CN1C(=O)CCC(=O)OCC(=O)[C@@]1(O)CC[C@H]2[C@@H]3CCC4=CC(=O)CC[C@]4(C)[C@H]3C(=O)C[C@@]21C. The van der Waals surface area contributed by atoms with E-state index in [0.717, 1.165) is 18.4 Å². The summed E-state index contributed by atoms with van der Waals surface area (Å²) in [6, 6.07) is -0.923. The number of rotatable bonds is 7. The summed E-state index contributed by atoms with van der Waals surface area (Å²) in [6.45, 7) is 3.17. The lowest BCUT2D eigenvalue weighted by molar-refractivity contribution is -0.174. The van der Waals surface area contributed by atoms with Crippen molar-refractivity contribution in [3.63, 3.8) is 0 Å². The molecule has 1 aliphatic heterocycles. The molecule has 1 amide bonds. The van der Waals surface area contributed by atoms with Crippen LogP contribution in [0.4, 0.5) is 0 Å². The number of ketones is 3. The fraction of sp³-hybridized carbons (Fsp3) is 0.742. The van der Waals surface area contributed by atoms with Gasteiger partial charge in [0, 0.05) is 43.6 Å². The second kappa shape index (κ2) is 11.0. The van der Waals surface area contributed by atoms with E-state index < -0.39 is 53.4 Å². The number of allylic oxidation sites excluding steroid dienone is 1. The van der Waals surface area contributed by atoms with Gasteiger partial charge in [0.05, 0.1) is 19.6 Å². The molecule has 1 heterocycles. The molecule has 230 valence electrons. The van der Waals surface area contributed by atoms with Gasteiger partial charge < -0.3 is 24.6 Å². The second-order valence-corrected chi connectivity index (χ2v) is 13.4. The summed E-state index contributed by atoms with van der Waals surface area (Å²) in [7, 11) is 1.19. The average molecular weight is 588 g/mol. The highest BCUT2D eigenvalue weighted by atomic mass is 16.5. The Bertz CT molecular complexity index is 1240. The van der Waals surface area contributed by atoms with Crippen LogP contribution in [-0.4, -0.2) is 88.3 Å². The van der Waals surface area contributed by atoms with Gasteiger partial charge in [-0.1, -0.05) is 19.4 Å². The maximum atomic E-state index is 13.8. The van der Waals surface area contributed by atoms with Gasteiger partial charge in [-0.05, 0) is 55.4 Å². The average Bonchev–Trinajstić information content (AvgIpc) is 3.47. The second-order valence-electron chi connectivity index (χ2n) is 13.4. The molecule has 0 aromatic heterocycles. The molecule has 5 aliphatic rings. The molecule has 5 rings (SSSR count). The third-order valence-corrected chi connectivity index (χ3v) is 11.2. The number of hydrogen-bond acceptors (Lipinski definition) is 10. The van der Waals surface area contributed by atoms with Crippen LogP contribution in [0, 0.1) is 28.6 Å². The summed E-state index contributed by atoms with van der Waals surface area (Å²) >= 11 is 0. The van der Waals surface area contributed by atoms with Crippen molar-refractivity contribution in [3.05, 3.63) is 11.6 Å². The minimum atomic E-state index is -1.83. The van der Waals surface area contributed by atoms with Crippen molar-refractivity contribution in [1.29, 1.82) is 0 Å². The number of ether oxygens (including phenoxy) is 2. The van der Waals surface area contributed by atoms with E-state index in [1.807, 2.05) is 0 Å². The Balaban J connectivity index is 1.20. The maximum Gasteiger partial charge on any atom is 0.328 e. The molecule has 0 spiro atoms. The topological polar surface area (TPSA) is 165 Å². The van der Waals surface area contributed by atoms with Gasteiger partial charge in [0.2, 0.25) is 11.7 Å². The van der Waals surface area contributed by atoms with Crippen LogP contribution in [0.15, 0.2) is 11.6 Å². The van der Waals surface area contributed by atoms with Gasteiger partial charge >= 0.3 is 11.9 Å². The van der Waals surface area contributed by atoms with Crippen LogP contribution in [0.25, 0.3) is 0 Å². The van der Waals surface area contributed by atoms with Gasteiger partial charge in [-0.2, -0.15) is 0 Å². The third-order valence-electron chi connectivity index (χ3n) is 11.2. The molecule has 11 heteroatoms. The number of aliphatic hydroxyl groups is 2. The van der Waals surface area contributed by atoms with E-state index in [-0.39, 0.29) is 73.4 Å². The number of aliphatic hydroxyl groups excluding tert-OH is 1. The number of likely N-dealkylation sites (tertiary alicyclic amines) is 1. The van der Waals surface area contributed by atoms with Gasteiger partial charge in [0.25, 0.3) is 0 Å². The molecular formula is C31H41NO10. The number of methoxy groups -OCH3 is 1. The fourth-order valence-corrected chi connectivity index (χ4v) is 8.98. The minimum absolute atomic E-state index is 0.0000822. The first-order valence-corrected chi connectivity index (χ1v) is 15.0. The molecule has 0 aromatic carbocycles. The van der Waals surface area contributed by atoms with Gasteiger partial charge in [0.1, 0.15) is 17.4 Å². The van der Waals surface area contributed by atoms with E-state index in [4.69, 9.17) is 9.47 Å². The summed E-state index contributed by atoms with van der Waals surface area (Å²) in [4.78, 5) is 77.5. The lowest BCUT2D eigenvalue weighted by atomic mass is 9.46. The lowest BCUT2D eigenvalue weighted by Crippen LogP contribution is -2.61. The number of carbonyl (C=O) groups excluding carboxylic acids is 6. The number of β-amino-alcohol motifs (C(OH)–C–C–N with tert-alkyl or cyclic N) is 1. The van der Waals surface area contributed by atoms with Crippen LogP contribution in [0.1, 0.15) is 78.1 Å². The van der Waals surface area contributed by atoms with E-state index in [2.05, 4.69) is 6.92 Å². The van der Waals surface area contributed by atoms with E-state index in [1.165, 1.54) is 12.0 Å².